The zero-order valence-corrected chi connectivity index (χ0v) is 10.1. The number of hydrogen-bond donors (Lipinski definition) is 1. The van der Waals surface area contributed by atoms with E-state index in [4.69, 9.17) is 11.6 Å². The molecule has 3 heteroatoms. The average molecular weight is 246 g/mol. The molecule has 0 aliphatic rings. The van der Waals surface area contributed by atoms with Crippen LogP contribution in [0.3, 0.4) is 0 Å². The Balaban J connectivity index is 2.29. The van der Waals surface area contributed by atoms with Crippen molar-refractivity contribution in [2.45, 2.75) is 6.92 Å². The lowest BCUT2D eigenvalue weighted by Gasteiger charge is -2.00. The molecule has 0 bridgehead atoms. The van der Waals surface area contributed by atoms with Crippen LogP contribution in [0.15, 0.2) is 47.5 Å². The number of phenols is 1. The minimum absolute atomic E-state index is 0.233. The molecule has 0 saturated heterocycles. The highest BCUT2D eigenvalue weighted by Crippen LogP contribution is 2.23. The Kier molecular flexibility index (Phi) is 3.45. The van der Waals surface area contributed by atoms with Gasteiger partial charge in [0.2, 0.25) is 0 Å². The number of benzene rings is 2. The van der Waals surface area contributed by atoms with Gasteiger partial charge in [0, 0.05) is 11.2 Å². The van der Waals surface area contributed by atoms with E-state index in [0.717, 1.165) is 16.8 Å². The molecule has 0 aromatic heterocycles. The lowest BCUT2D eigenvalue weighted by Crippen LogP contribution is -1.81. The number of aryl methyl sites for hydroxylation is 1. The van der Waals surface area contributed by atoms with Crippen molar-refractivity contribution < 1.29 is 5.11 Å². The first-order valence-electron chi connectivity index (χ1n) is 5.24. The average Bonchev–Trinajstić information content (AvgIpc) is 2.30. The first kappa shape index (κ1) is 11.7. The van der Waals surface area contributed by atoms with Gasteiger partial charge in [-0.05, 0) is 42.3 Å². The van der Waals surface area contributed by atoms with Crippen LogP contribution >= 0.6 is 11.6 Å². The SMILES string of the molecule is Cc1ccc(Cl)cc1N=Cc1cccc(O)c1. The Labute approximate surface area is 105 Å². The molecule has 0 heterocycles. The molecule has 0 radical (unpaired) electrons. The standard InChI is InChI=1S/C14H12ClNO/c1-10-5-6-12(15)8-14(10)16-9-11-3-2-4-13(17)7-11/h2-9,17H,1H3. The normalized spacial score (nSPS) is 10.9. The van der Waals surface area contributed by atoms with Crippen molar-refractivity contribution in [3.8, 4) is 5.75 Å². The molecule has 2 nitrogen and oxygen atoms in total. The number of nitrogens with zero attached hydrogens (tertiary/aromatic N) is 1. The van der Waals surface area contributed by atoms with Crippen LogP contribution in [0.25, 0.3) is 0 Å². The molecule has 2 aromatic rings. The van der Waals surface area contributed by atoms with Crippen molar-refractivity contribution in [3.63, 3.8) is 0 Å². The van der Waals surface area contributed by atoms with Crippen molar-refractivity contribution in [3.05, 3.63) is 58.6 Å². The Morgan fingerprint density at radius 1 is 1.18 bits per heavy atom. The number of halogens is 1. The maximum Gasteiger partial charge on any atom is 0.116 e. The minimum atomic E-state index is 0.233. The molecule has 2 rings (SSSR count). The third-order valence-corrected chi connectivity index (χ3v) is 2.63. The molecule has 0 fully saturated rings. The van der Waals surface area contributed by atoms with Gasteiger partial charge in [0.25, 0.3) is 0 Å². The summed E-state index contributed by atoms with van der Waals surface area (Å²) >= 11 is 5.91. The summed E-state index contributed by atoms with van der Waals surface area (Å²) in [6.07, 6.45) is 1.71. The van der Waals surface area contributed by atoms with Gasteiger partial charge >= 0.3 is 0 Å². The van der Waals surface area contributed by atoms with Crippen LogP contribution in [-0.4, -0.2) is 11.3 Å². The van der Waals surface area contributed by atoms with E-state index < -0.39 is 0 Å². The predicted octanol–water partition coefficient (Wildman–Crippen LogP) is 4.10. The zero-order chi connectivity index (χ0) is 12.3. The van der Waals surface area contributed by atoms with Crippen LogP contribution in [0.5, 0.6) is 5.75 Å². The third kappa shape index (κ3) is 3.08. The van der Waals surface area contributed by atoms with E-state index in [2.05, 4.69) is 4.99 Å². The van der Waals surface area contributed by atoms with Crippen molar-refractivity contribution in [2.24, 2.45) is 4.99 Å². The lowest BCUT2D eigenvalue weighted by molar-refractivity contribution is 0.475. The van der Waals surface area contributed by atoms with Gasteiger partial charge in [-0.1, -0.05) is 29.8 Å². The molecule has 0 unspecified atom stereocenters. The van der Waals surface area contributed by atoms with E-state index in [1.54, 1.807) is 24.4 Å². The fourth-order valence-electron chi connectivity index (χ4n) is 1.47. The van der Waals surface area contributed by atoms with Crippen LogP contribution in [0.1, 0.15) is 11.1 Å². The van der Waals surface area contributed by atoms with Crippen LogP contribution in [0, 0.1) is 6.92 Å². The van der Waals surface area contributed by atoms with Crippen LogP contribution in [0.2, 0.25) is 5.02 Å². The largest absolute Gasteiger partial charge is 0.508 e. The lowest BCUT2D eigenvalue weighted by atomic mass is 10.2. The highest BCUT2D eigenvalue weighted by molar-refractivity contribution is 6.30. The van der Waals surface area contributed by atoms with Gasteiger partial charge in [0.1, 0.15) is 5.75 Å². The number of phenolic OH excluding ortho intramolecular Hbond substituents is 1. The predicted molar refractivity (Wildman–Crippen MR) is 71.5 cm³/mol. The van der Waals surface area contributed by atoms with Crippen molar-refractivity contribution in [2.75, 3.05) is 0 Å². The maximum atomic E-state index is 9.33. The van der Waals surface area contributed by atoms with Gasteiger partial charge in [-0.15, -0.1) is 0 Å². The summed E-state index contributed by atoms with van der Waals surface area (Å²) in [6, 6.07) is 12.5. The highest BCUT2D eigenvalue weighted by Gasteiger charge is 1.97. The fourth-order valence-corrected chi connectivity index (χ4v) is 1.64. The van der Waals surface area contributed by atoms with E-state index in [1.807, 2.05) is 31.2 Å². The van der Waals surface area contributed by atoms with Gasteiger partial charge in [0.05, 0.1) is 5.69 Å². The second-order valence-corrected chi connectivity index (χ2v) is 4.22. The molecule has 0 atom stereocenters. The second kappa shape index (κ2) is 5.02. The molecule has 0 saturated carbocycles. The van der Waals surface area contributed by atoms with E-state index >= 15 is 0 Å². The quantitative estimate of drug-likeness (QED) is 0.794. The van der Waals surface area contributed by atoms with Gasteiger partial charge in [-0.2, -0.15) is 0 Å². The van der Waals surface area contributed by atoms with Gasteiger partial charge in [-0.3, -0.25) is 4.99 Å². The Morgan fingerprint density at radius 3 is 2.76 bits per heavy atom. The van der Waals surface area contributed by atoms with Gasteiger partial charge in [-0.25, -0.2) is 0 Å². The molecule has 2 aromatic carbocycles. The van der Waals surface area contributed by atoms with E-state index in [-0.39, 0.29) is 5.75 Å². The summed E-state index contributed by atoms with van der Waals surface area (Å²) in [4.78, 5) is 4.36. The first-order chi connectivity index (χ1) is 8.15. The summed E-state index contributed by atoms with van der Waals surface area (Å²) in [5, 5.41) is 9.99. The Hall–Kier alpha value is -1.80. The minimum Gasteiger partial charge on any atom is -0.508 e. The molecule has 0 aliphatic carbocycles. The van der Waals surface area contributed by atoms with E-state index in [1.165, 1.54) is 0 Å². The fraction of sp³-hybridized carbons (Fsp3) is 0.0714. The number of rotatable bonds is 2. The molecule has 86 valence electrons. The van der Waals surface area contributed by atoms with Crippen molar-refractivity contribution >= 4 is 23.5 Å². The third-order valence-electron chi connectivity index (χ3n) is 2.39. The molecule has 0 amide bonds. The number of aromatic hydroxyl groups is 1. The van der Waals surface area contributed by atoms with Crippen LogP contribution < -0.4 is 0 Å². The molecular formula is C14H12ClNO. The zero-order valence-electron chi connectivity index (χ0n) is 9.39. The highest BCUT2D eigenvalue weighted by atomic mass is 35.5. The summed E-state index contributed by atoms with van der Waals surface area (Å²) in [7, 11) is 0. The van der Waals surface area contributed by atoms with E-state index in [0.29, 0.717) is 5.02 Å². The van der Waals surface area contributed by atoms with Crippen molar-refractivity contribution in [1.82, 2.24) is 0 Å². The summed E-state index contributed by atoms with van der Waals surface area (Å²) < 4.78 is 0. The van der Waals surface area contributed by atoms with Crippen LogP contribution in [0.4, 0.5) is 5.69 Å². The Bertz CT molecular complexity index is 564. The monoisotopic (exact) mass is 245 g/mol. The van der Waals surface area contributed by atoms with Gasteiger partial charge in [0.15, 0.2) is 0 Å². The van der Waals surface area contributed by atoms with Crippen molar-refractivity contribution in [1.29, 1.82) is 0 Å². The number of hydrogen-bond acceptors (Lipinski definition) is 2. The Morgan fingerprint density at radius 2 is 2.00 bits per heavy atom. The molecule has 0 spiro atoms. The molecular weight excluding hydrogens is 234 g/mol. The first-order valence-corrected chi connectivity index (χ1v) is 5.62. The summed E-state index contributed by atoms with van der Waals surface area (Å²) in [5.74, 6) is 0.233. The number of aliphatic imine (C=N–C) groups is 1. The van der Waals surface area contributed by atoms with Crippen LogP contribution in [-0.2, 0) is 0 Å². The molecule has 17 heavy (non-hydrogen) atoms. The second-order valence-electron chi connectivity index (χ2n) is 3.78. The summed E-state index contributed by atoms with van der Waals surface area (Å²) in [5.41, 5.74) is 2.75. The van der Waals surface area contributed by atoms with E-state index in [9.17, 15) is 5.11 Å². The molecule has 1 N–H and O–H groups in total. The maximum absolute atomic E-state index is 9.33. The topological polar surface area (TPSA) is 32.6 Å². The van der Waals surface area contributed by atoms with Gasteiger partial charge < -0.3 is 5.11 Å². The summed E-state index contributed by atoms with van der Waals surface area (Å²) in [6.45, 7) is 1.98. The smallest absolute Gasteiger partial charge is 0.116 e. The molecule has 0 aliphatic heterocycles.